The summed E-state index contributed by atoms with van der Waals surface area (Å²) in [4.78, 5) is 17.8. The van der Waals surface area contributed by atoms with Gasteiger partial charge in [-0.2, -0.15) is 4.80 Å². The maximum absolute atomic E-state index is 12.7. The number of piperidine rings is 1. The lowest BCUT2D eigenvalue weighted by Crippen LogP contribution is -3.08. The highest BCUT2D eigenvalue weighted by Crippen LogP contribution is 2.23. The van der Waals surface area contributed by atoms with Crippen molar-refractivity contribution in [1.29, 1.82) is 0 Å². The molecule has 0 spiro atoms. The van der Waals surface area contributed by atoms with Crippen LogP contribution in [-0.4, -0.2) is 56.2 Å². The molecule has 0 bridgehead atoms. The molecule has 2 aliphatic heterocycles. The number of tetrazole rings is 1. The van der Waals surface area contributed by atoms with Crippen molar-refractivity contribution in [3.8, 4) is 11.4 Å². The largest absolute Gasteiger partial charge is 0.336 e. The molecule has 0 saturated carbocycles. The summed E-state index contributed by atoms with van der Waals surface area (Å²) in [5, 5.41) is 12.7. The number of carbonyl (C=O) groups is 1. The van der Waals surface area contributed by atoms with E-state index in [1.54, 1.807) is 4.90 Å². The Labute approximate surface area is 166 Å². The molecule has 150 valence electrons. The highest BCUT2D eigenvalue weighted by molar-refractivity contribution is 5.76. The molecule has 0 unspecified atom stereocenters. The van der Waals surface area contributed by atoms with Crippen LogP contribution in [0.1, 0.15) is 51.5 Å². The van der Waals surface area contributed by atoms with Crippen LogP contribution in [0.15, 0.2) is 24.3 Å². The zero-order valence-electron chi connectivity index (χ0n) is 17.0. The first-order valence-electron chi connectivity index (χ1n) is 10.6. The van der Waals surface area contributed by atoms with E-state index >= 15 is 0 Å². The summed E-state index contributed by atoms with van der Waals surface area (Å²) in [6.07, 6.45) is 6.00. The number of benzene rings is 1. The lowest BCUT2D eigenvalue weighted by Gasteiger charge is -2.38. The van der Waals surface area contributed by atoms with E-state index in [2.05, 4.69) is 53.5 Å². The molecule has 2 atom stereocenters. The second-order valence-electron chi connectivity index (χ2n) is 8.40. The van der Waals surface area contributed by atoms with Gasteiger partial charge in [-0.1, -0.05) is 24.3 Å². The van der Waals surface area contributed by atoms with Gasteiger partial charge in [0.05, 0.1) is 13.1 Å². The summed E-state index contributed by atoms with van der Waals surface area (Å²) in [6, 6.07) is 8.99. The van der Waals surface area contributed by atoms with Crippen LogP contribution in [0.3, 0.4) is 0 Å². The zero-order valence-corrected chi connectivity index (χ0v) is 17.0. The molecule has 1 aromatic heterocycles. The molecule has 0 radical (unpaired) electrons. The van der Waals surface area contributed by atoms with Gasteiger partial charge in [-0.25, -0.2) is 0 Å². The Morgan fingerprint density at radius 3 is 2.43 bits per heavy atom. The Kier molecular flexibility index (Phi) is 5.71. The fourth-order valence-corrected chi connectivity index (χ4v) is 4.65. The van der Waals surface area contributed by atoms with Gasteiger partial charge >= 0.3 is 0 Å². The first-order valence-corrected chi connectivity index (χ1v) is 10.6. The fraction of sp³-hybridized carbons (Fsp3) is 0.619. The number of nitrogens with one attached hydrogen (secondary N) is 1. The topological polar surface area (TPSA) is 68.3 Å². The summed E-state index contributed by atoms with van der Waals surface area (Å²) >= 11 is 0. The SMILES string of the molecule is C[C@H]1CCC[C@H](C)N1C(=O)Cn1nnc(-c2ccc(C[NH+]3CCCC3)cc2)n1. The molecule has 28 heavy (non-hydrogen) atoms. The van der Waals surface area contributed by atoms with Crippen molar-refractivity contribution in [2.24, 2.45) is 0 Å². The molecule has 4 rings (SSSR count). The molecule has 2 aliphatic rings. The van der Waals surface area contributed by atoms with Gasteiger partial charge in [0.2, 0.25) is 11.7 Å². The monoisotopic (exact) mass is 383 g/mol. The smallest absolute Gasteiger partial charge is 0.246 e. The van der Waals surface area contributed by atoms with E-state index in [9.17, 15) is 4.79 Å². The van der Waals surface area contributed by atoms with Crippen LogP contribution in [0.4, 0.5) is 0 Å². The minimum absolute atomic E-state index is 0.0765. The van der Waals surface area contributed by atoms with Gasteiger partial charge in [-0.3, -0.25) is 4.79 Å². The number of rotatable bonds is 5. The van der Waals surface area contributed by atoms with Gasteiger partial charge in [0.1, 0.15) is 13.1 Å². The van der Waals surface area contributed by atoms with Gasteiger partial charge in [0, 0.05) is 36.1 Å². The van der Waals surface area contributed by atoms with Gasteiger partial charge in [0.25, 0.3) is 0 Å². The third-order valence-electron chi connectivity index (χ3n) is 6.19. The van der Waals surface area contributed by atoms with Crippen LogP contribution in [0, 0.1) is 0 Å². The van der Waals surface area contributed by atoms with E-state index in [-0.39, 0.29) is 24.5 Å². The lowest BCUT2D eigenvalue weighted by molar-refractivity contribution is -0.901. The van der Waals surface area contributed by atoms with Crippen LogP contribution < -0.4 is 4.90 Å². The maximum atomic E-state index is 12.7. The van der Waals surface area contributed by atoms with Crippen LogP contribution in [0.25, 0.3) is 11.4 Å². The van der Waals surface area contributed by atoms with Crippen molar-refractivity contribution >= 4 is 5.91 Å². The highest BCUT2D eigenvalue weighted by Gasteiger charge is 2.29. The number of likely N-dealkylation sites (tertiary alicyclic amines) is 2. The number of amides is 1. The van der Waals surface area contributed by atoms with Crippen LogP contribution >= 0.6 is 0 Å². The van der Waals surface area contributed by atoms with E-state index in [4.69, 9.17) is 0 Å². The molecule has 1 amide bonds. The Balaban J connectivity index is 1.39. The number of quaternary nitrogens is 1. The van der Waals surface area contributed by atoms with E-state index in [1.165, 1.54) is 42.7 Å². The van der Waals surface area contributed by atoms with Crippen LogP contribution in [-0.2, 0) is 17.9 Å². The number of carbonyl (C=O) groups excluding carboxylic acids is 1. The van der Waals surface area contributed by atoms with Crippen molar-refractivity contribution in [3.63, 3.8) is 0 Å². The van der Waals surface area contributed by atoms with Gasteiger partial charge in [-0.05, 0) is 38.3 Å². The highest BCUT2D eigenvalue weighted by atomic mass is 16.2. The van der Waals surface area contributed by atoms with E-state index in [0.717, 1.165) is 24.9 Å². The van der Waals surface area contributed by atoms with Crippen molar-refractivity contribution in [2.45, 2.75) is 71.1 Å². The Morgan fingerprint density at radius 1 is 1.07 bits per heavy atom. The molecule has 1 N–H and O–H groups in total. The molecular formula is C21H31N6O+. The normalized spacial score (nSPS) is 23.3. The number of hydrogen-bond acceptors (Lipinski definition) is 4. The average molecular weight is 384 g/mol. The predicted octanol–water partition coefficient (Wildman–Crippen LogP) is 1.31. The molecule has 2 aromatic rings. The zero-order chi connectivity index (χ0) is 19.5. The molecule has 2 fully saturated rings. The molecule has 1 aromatic carbocycles. The fourth-order valence-electron chi connectivity index (χ4n) is 4.65. The molecule has 0 aliphatic carbocycles. The van der Waals surface area contributed by atoms with Gasteiger partial charge in [0.15, 0.2) is 0 Å². The van der Waals surface area contributed by atoms with E-state index in [1.807, 2.05) is 4.90 Å². The van der Waals surface area contributed by atoms with Gasteiger partial charge in [-0.15, -0.1) is 10.2 Å². The van der Waals surface area contributed by atoms with Crippen molar-refractivity contribution < 1.29 is 9.69 Å². The maximum Gasteiger partial charge on any atom is 0.246 e. The Morgan fingerprint density at radius 2 is 1.75 bits per heavy atom. The molecule has 3 heterocycles. The number of aromatic nitrogens is 4. The van der Waals surface area contributed by atoms with Crippen LogP contribution in [0.5, 0.6) is 0 Å². The predicted molar refractivity (Wildman–Crippen MR) is 107 cm³/mol. The first-order chi connectivity index (χ1) is 13.6. The van der Waals surface area contributed by atoms with Gasteiger partial charge < -0.3 is 9.80 Å². The summed E-state index contributed by atoms with van der Waals surface area (Å²) in [5.74, 6) is 0.653. The Hall–Kier alpha value is -2.28. The molecule has 7 heteroatoms. The second kappa shape index (κ2) is 8.39. The minimum Gasteiger partial charge on any atom is -0.336 e. The van der Waals surface area contributed by atoms with E-state index in [0.29, 0.717) is 5.82 Å². The van der Waals surface area contributed by atoms with E-state index < -0.39 is 0 Å². The second-order valence-corrected chi connectivity index (χ2v) is 8.40. The van der Waals surface area contributed by atoms with Crippen molar-refractivity contribution in [2.75, 3.05) is 13.1 Å². The first kappa shape index (κ1) is 19.1. The molecule has 7 nitrogen and oxygen atoms in total. The van der Waals surface area contributed by atoms with Crippen LogP contribution in [0.2, 0.25) is 0 Å². The van der Waals surface area contributed by atoms with Crippen molar-refractivity contribution in [3.05, 3.63) is 29.8 Å². The molecular weight excluding hydrogens is 352 g/mol. The third kappa shape index (κ3) is 4.24. The summed E-state index contributed by atoms with van der Waals surface area (Å²) in [7, 11) is 0. The minimum atomic E-state index is 0.0765. The quantitative estimate of drug-likeness (QED) is 0.845. The number of nitrogens with zero attached hydrogens (tertiary/aromatic N) is 5. The summed E-state index contributed by atoms with van der Waals surface area (Å²) < 4.78 is 0. The molecule has 2 saturated heterocycles. The number of hydrogen-bond donors (Lipinski definition) is 1. The van der Waals surface area contributed by atoms with Crippen molar-refractivity contribution in [1.82, 2.24) is 25.1 Å². The standard InChI is InChI=1S/C21H30N6O/c1-16-6-5-7-17(2)27(16)20(28)15-26-23-21(22-24-26)19-10-8-18(9-11-19)14-25-12-3-4-13-25/h8-11,16-17H,3-7,12-15H2,1-2H3/p+1/t16-,17-/m0/s1. The summed E-state index contributed by atoms with van der Waals surface area (Å²) in [5.41, 5.74) is 2.29. The third-order valence-corrected chi connectivity index (χ3v) is 6.19. The average Bonchev–Trinajstić information content (AvgIpc) is 3.34. The summed E-state index contributed by atoms with van der Waals surface area (Å²) in [6.45, 7) is 8.04. The Bertz CT molecular complexity index is 785. The lowest BCUT2D eigenvalue weighted by atomic mass is 9.97.